The Morgan fingerprint density at radius 3 is 1.93 bits per heavy atom. The van der Waals surface area contributed by atoms with Crippen molar-refractivity contribution in [3.05, 3.63) is 95.6 Å². The molecule has 0 amide bonds. The Morgan fingerprint density at radius 2 is 1.48 bits per heavy atom. The van der Waals surface area contributed by atoms with Crippen molar-refractivity contribution in [2.24, 2.45) is 0 Å². The fourth-order valence-corrected chi connectivity index (χ4v) is 4.18. The summed E-state index contributed by atoms with van der Waals surface area (Å²) in [5.41, 5.74) is 1.03. The van der Waals surface area contributed by atoms with E-state index in [1.54, 1.807) is 49.1 Å². The summed E-state index contributed by atoms with van der Waals surface area (Å²) in [6.45, 7) is 1.71. The van der Waals surface area contributed by atoms with Gasteiger partial charge in [0.2, 0.25) is 0 Å². The lowest BCUT2D eigenvalue weighted by molar-refractivity contribution is -0.0152. The molecule has 6 nitrogen and oxygen atoms in total. The van der Waals surface area contributed by atoms with E-state index in [9.17, 15) is 15.0 Å². The second-order valence-corrected chi connectivity index (χ2v) is 7.32. The molecule has 1 atom stereocenters. The summed E-state index contributed by atoms with van der Waals surface area (Å²) >= 11 is 0. The van der Waals surface area contributed by atoms with Gasteiger partial charge in [-0.15, -0.1) is 0 Å². The lowest BCUT2D eigenvalue weighted by atomic mass is 9.77. The van der Waals surface area contributed by atoms with Gasteiger partial charge in [0.25, 0.3) is 0 Å². The van der Waals surface area contributed by atoms with Gasteiger partial charge in [0.1, 0.15) is 5.60 Å². The van der Waals surface area contributed by atoms with Crippen LogP contribution in [0.15, 0.2) is 73.3 Å². The van der Waals surface area contributed by atoms with Crippen molar-refractivity contribution >= 4 is 5.97 Å². The van der Waals surface area contributed by atoms with Gasteiger partial charge in [-0.25, -0.2) is 4.79 Å². The summed E-state index contributed by atoms with van der Waals surface area (Å²) in [4.78, 5) is 22.0. The molecule has 0 aliphatic carbocycles. The fourth-order valence-electron chi connectivity index (χ4n) is 4.18. The van der Waals surface area contributed by atoms with E-state index in [1.807, 2.05) is 24.3 Å². The number of carboxylic acids is 1. The molecule has 2 aromatic heterocycles. The number of aliphatic hydroxyl groups is 1. The molecule has 1 aromatic carbocycles. The Labute approximate surface area is 169 Å². The predicted octanol–water partition coefficient (Wildman–Crippen LogP) is 3.25. The Balaban J connectivity index is 1.90. The van der Waals surface area contributed by atoms with Crippen LogP contribution < -0.4 is 0 Å². The van der Waals surface area contributed by atoms with E-state index in [4.69, 9.17) is 0 Å². The molecule has 1 unspecified atom stereocenters. The number of rotatable bonds is 6. The van der Waals surface area contributed by atoms with E-state index in [-0.39, 0.29) is 5.56 Å². The van der Waals surface area contributed by atoms with Crippen LogP contribution in [-0.4, -0.2) is 44.1 Å². The van der Waals surface area contributed by atoms with Gasteiger partial charge in [-0.3, -0.25) is 14.9 Å². The number of carboxylic acid groups (broad SMARTS) is 1. The lowest BCUT2D eigenvalue weighted by Crippen LogP contribution is -2.44. The Bertz CT molecular complexity index is 916. The number of carbonyl (C=O) groups is 1. The zero-order valence-corrected chi connectivity index (χ0v) is 16.0. The van der Waals surface area contributed by atoms with Crippen molar-refractivity contribution in [3.8, 4) is 0 Å². The fraction of sp³-hybridized carbons (Fsp3) is 0.261. The molecule has 1 fully saturated rings. The van der Waals surface area contributed by atoms with Crippen molar-refractivity contribution in [3.63, 3.8) is 0 Å². The second kappa shape index (κ2) is 8.11. The molecule has 0 radical (unpaired) electrons. The number of benzene rings is 1. The number of aromatic nitrogens is 2. The minimum absolute atomic E-state index is 0.222. The SMILES string of the molecule is O=C(O)c1ccc(C(N2CCCC2)C(O)(c2cccnc2)c2cccnc2)cc1. The van der Waals surface area contributed by atoms with Crippen molar-refractivity contribution in [1.29, 1.82) is 0 Å². The molecule has 0 saturated carbocycles. The van der Waals surface area contributed by atoms with Crippen LogP contribution in [0.4, 0.5) is 0 Å². The number of aromatic carboxylic acids is 1. The number of hydrogen-bond donors (Lipinski definition) is 2. The van der Waals surface area contributed by atoms with E-state index in [0.29, 0.717) is 11.1 Å². The van der Waals surface area contributed by atoms with E-state index in [0.717, 1.165) is 31.5 Å². The van der Waals surface area contributed by atoms with E-state index >= 15 is 0 Å². The van der Waals surface area contributed by atoms with Gasteiger partial charge in [0.05, 0.1) is 11.6 Å². The van der Waals surface area contributed by atoms with Gasteiger partial charge in [-0.05, 0) is 55.8 Å². The molecule has 1 aliphatic heterocycles. The van der Waals surface area contributed by atoms with Crippen LogP contribution in [0.25, 0.3) is 0 Å². The number of nitrogens with zero attached hydrogens (tertiary/aromatic N) is 3. The molecule has 2 N–H and O–H groups in total. The van der Waals surface area contributed by atoms with Gasteiger partial charge in [-0.2, -0.15) is 0 Å². The molecule has 3 heterocycles. The predicted molar refractivity (Wildman–Crippen MR) is 108 cm³/mol. The summed E-state index contributed by atoms with van der Waals surface area (Å²) in [5.74, 6) is -0.968. The van der Waals surface area contributed by atoms with Gasteiger partial charge in [0, 0.05) is 35.9 Å². The van der Waals surface area contributed by atoms with Gasteiger partial charge < -0.3 is 10.2 Å². The Hall–Kier alpha value is -3.09. The Morgan fingerprint density at radius 1 is 0.931 bits per heavy atom. The van der Waals surface area contributed by atoms with Crippen LogP contribution in [0.1, 0.15) is 45.9 Å². The highest BCUT2D eigenvalue weighted by molar-refractivity contribution is 5.87. The highest BCUT2D eigenvalue weighted by Gasteiger charge is 2.45. The summed E-state index contributed by atoms with van der Waals surface area (Å²) in [6.07, 6.45) is 8.84. The first-order chi connectivity index (χ1) is 14.1. The smallest absolute Gasteiger partial charge is 0.335 e. The third-order valence-corrected chi connectivity index (χ3v) is 5.58. The average Bonchev–Trinajstić information content (AvgIpc) is 3.29. The largest absolute Gasteiger partial charge is 0.478 e. The summed E-state index contributed by atoms with van der Waals surface area (Å²) < 4.78 is 0. The summed E-state index contributed by atoms with van der Waals surface area (Å²) in [5, 5.41) is 21.5. The molecule has 0 bridgehead atoms. The third kappa shape index (κ3) is 3.64. The van der Waals surface area contributed by atoms with Gasteiger partial charge in [0.15, 0.2) is 0 Å². The molecule has 3 aromatic rings. The monoisotopic (exact) mass is 389 g/mol. The van der Waals surface area contributed by atoms with Gasteiger partial charge in [-0.1, -0.05) is 24.3 Å². The lowest BCUT2D eigenvalue weighted by Gasteiger charge is -2.42. The molecule has 6 heteroatoms. The quantitative estimate of drug-likeness (QED) is 0.673. The zero-order chi connectivity index (χ0) is 20.3. The molecule has 0 spiro atoms. The standard InChI is InChI=1S/C23H23N3O3/c27-22(28)18-9-7-17(8-10-18)21(26-13-1-2-14-26)23(29,19-5-3-11-24-15-19)20-6-4-12-25-16-20/h3-12,15-16,21,29H,1-2,13-14H2,(H,27,28). The van der Waals surface area contributed by atoms with E-state index < -0.39 is 17.6 Å². The van der Waals surface area contributed by atoms with E-state index in [1.165, 1.54) is 0 Å². The highest BCUT2D eigenvalue weighted by Crippen LogP contribution is 2.45. The zero-order valence-electron chi connectivity index (χ0n) is 16.0. The number of likely N-dealkylation sites (tertiary alicyclic amines) is 1. The molecular weight excluding hydrogens is 366 g/mol. The van der Waals surface area contributed by atoms with Crippen molar-refractivity contribution in [1.82, 2.24) is 14.9 Å². The molecule has 148 valence electrons. The van der Waals surface area contributed by atoms with Crippen molar-refractivity contribution in [2.75, 3.05) is 13.1 Å². The van der Waals surface area contributed by atoms with Crippen LogP contribution in [0, 0.1) is 0 Å². The van der Waals surface area contributed by atoms with Crippen LogP contribution in [-0.2, 0) is 5.60 Å². The first-order valence-corrected chi connectivity index (χ1v) is 9.71. The van der Waals surface area contributed by atoms with Crippen LogP contribution in [0.2, 0.25) is 0 Å². The van der Waals surface area contributed by atoms with E-state index in [2.05, 4.69) is 14.9 Å². The minimum Gasteiger partial charge on any atom is -0.478 e. The normalized spacial score (nSPS) is 15.9. The average molecular weight is 389 g/mol. The second-order valence-electron chi connectivity index (χ2n) is 7.32. The maximum absolute atomic E-state index is 12.3. The van der Waals surface area contributed by atoms with Gasteiger partial charge >= 0.3 is 5.97 Å². The van der Waals surface area contributed by atoms with Crippen molar-refractivity contribution in [2.45, 2.75) is 24.5 Å². The topological polar surface area (TPSA) is 86.5 Å². The number of hydrogen-bond acceptors (Lipinski definition) is 5. The number of pyridine rings is 2. The Kier molecular flexibility index (Phi) is 5.38. The first-order valence-electron chi connectivity index (χ1n) is 9.71. The first kappa shape index (κ1) is 19.2. The molecule has 4 rings (SSSR count). The van der Waals surface area contributed by atoms with Crippen LogP contribution in [0.5, 0.6) is 0 Å². The van der Waals surface area contributed by atoms with Crippen molar-refractivity contribution < 1.29 is 15.0 Å². The highest BCUT2D eigenvalue weighted by atomic mass is 16.4. The third-order valence-electron chi connectivity index (χ3n) is 5.58. The molecule has 1 saturated heterocycles. The maximum Gasteiger partial charge on any atom is 0.335 e. The van der Waals surface area contributed by atoms with Crippen LogP contribution in [0.3, 0.4) is 0 Å². The minimum atomic E-state index is -1.39. The molecular formula is C23H23N3O3. The maximum atomic E-state index is 12.3. The molecule has 29 heavy (non-hydrogen) atoms. The molecule has 1 aliphatic rings. The summed E-state index contributed by atoms with van der Waals surface area (Å²) in [7, 11) is 0. The summed E-state index contributed by atoms with van der Waals surface area (Å²) in [6, 6.07) is 13.7. The van der Waals surface area contributed by atoms with Crippen LogP contribution >= 0.6 is 0 Å².